The summed E-state index contributed by atoms with van der Waals surface area (Å²) in [6.07, 6.45) is 3.76. The highest BCUT2D eigenvalue weighted by Crippen LogP contribution is 2.30. The topological polar surface area (TPSA) is 24.9 Å². The third-order valence-corrected chi connectivity index (χ3v) is 3.69. The molecule has 0 atom stereocenters. The predicted molar refractivity (Wildman–Crippen MR) is 78.5 cm³/mol. The maximum absolute atomic E-state index is 6.11. The second-order valence-electron chi connectivity index (χ2n) is 3.31. The Labute approximate surface area is 118 Å². The molecular formula is C12H10BrClN2S. The molecule has 0 fully saturated rings. The number of para-hydroxylation sites is 1. The first kappa shape index (κ1) is 12.7. The molecule has 2 aromatic rings. The van der Waals surface area contributed by atoms with Crippen molar-refractivity contribution in [3.8, 4) is 0 Å². The van der Waals surface area contributed by atoms with Crippen molar-refractivity contribution in [1.29, 1.82) is 0 Å². The molecule has 2 nitrogen and oxygen atoms in total. The Morgan fingerprint density at radius 2 is 2.12 bits per heavy atom. The number of anilines is 2. The van der Waals surface area contributed by atoms with Gasteiger partial charge >= 0.3 is 0 Å². The Balaban J connectivity index is 2.31. The number of aromatic nitrogens is 1. The molecule has 17 heavy (non-hydrogen) atoms. The zero-order chi connectivity index (χ0) is 12.3. The van der Waals surface area contributed by atoms with Gasteiger partial charge in [-0.3, -0.25) is 0 Å². The Morgan fingerprint density at radius 1 is 1.35 bits per heavy atom. The number of thioether (sulfide) groups is 1. The largest absolute Gasteiger partial charge is 0.338 e. The molecule has 0 bridgehead atoms. The third-order valence-electron chi connectivity index (χ3n) is 2.17. The number of rotatable bonds is 3. The fourth-order valence-electron chi connectivity index (χ4n) is 1.38. The summed E-state index contributed by atoms with van der Waals surface area (Å²) in [4.78, 5) is 5.41. The van der Waals surface area contributed by atoms with E-state index in [0.717, 1.165) is 15.1 Å². The summed E-state index contributed by atoms with van der Waals surface area (Å²) in [6, 6.07) is 9.87. The zero-order valence-electron chi connectivity index (χ0n) is 9.08. The van der Waals surface area contributed by atoms with Crippen LogP contribution in [0.5, 0.6) is 0 Å². The lowest BCUT2D eigenvalue weighted by Gasteiger charge is -2.10. The molecule has 5 heteroatoms. The normalized spacial score (nSPS) is 10.3. The molecule has 0 aliphatic rings. The van der Waals surface area contributed by atoms with Crippen molar-refractivity contribution in [2.75, 3.05) is 11.6 Å². The van der Waals surface area contributed by atoms with Crippen LogP contribution in [-0.2, 0) is 0 Å². The second-order valence-corrected chi connectivity index (χ2v) is 5.48. The predicted octanol–water partition coefficient (Wildman–Crippen LogP) is 4.96. The Hall–Kier alpha value is -0.710. The van der Waals surface area contributed by atoms with E-state index >= 15 is 0 Å². The lowest BCUT2D eigenvalue weighted by molar-refractivity contribution is 1.28. The van der Waals surface area contributed by atoms with Gasteiger partial charge in [-0.25, -0.2) is 4.98 Å². The van der Waals surface area contributed by atoms with E-state index in [0.29, 0.717) is 10.8 Å². The van der Waals surface area contributed by atoms with Crippen molar-refractivity contribution in [3.05, 3.63) is 46.0 Å². The molecule has 0 aliphatic carbocycles. The van der Waals surface area contributed by atoms with Crippen molar-refractivity contribution < 1.29 is 0 Å². The van der Waals surface area contributed by atoms with E-state index in [4.69, 9.17) is 11.6 Å². The highest BCUT2D eigenvalue weighted by Gasteiger charge is 2.05. The minimum atomic E-state index is 0.593. The summed E-state index contributed by atoms with van der Waals surface area (Å²) in [5, 5.41) is 3.83. The Morgan fingerprint density at radius 3 is 2.82 bits per heavy atom. The molecule has 1 aromatic carbocycles. The summed E-state index contributed by atoms with van der Waals surface area (Å²) in [5.41, 5.74) is 1.01. The molecule has 0 amide bonds. The van der Waals surface area contributed by atoms with Crippen LogP contribution in [-0.4, -0.2) is 11.2 Å². The van der Waals surface area contributed by atoms with Gasteiger partial charge in [0.15, 0.2) is 0 Å². The van der Waals surface area contributed by atoms with Gasteiger partial charge in [0.05, 0.1) is 10.7 Å². The average molecular weight is 330 g/mol. The minimum Gasteiger partial charge on any atom is -0.338 e. The fourth-order valence-corrected chi connectivity index (χ4v) is 2.61. The lowest BCUT2D eigenvalue weighted by atomic mass is 10.3. The number of pyridine rings is 1. The van der Waals surface area contributed by atoms with E-state index in [9.17, 15) is 0 Å². The highest BCUT2D eigenvalue weighted by atomic mass is 79.9. The molecule has 1 aromatic heterocycles. The molecule has 2 rings (SSSR count). The maximum Gasteiger partial charge on any atom is 0.149 e. The summed E-state index contributed by atoms with van der Waals surface area (Å²) >= 11 is 11.1. The van der Waals surface area contributed by atoms with E-state index < -0.39 is 0 Å². The summed E-state index contributed by atoms with van der Waals surface area (Å²) in [7, 11) is 0. The number of hydrogen-bond acceptors (Lipinski definition) is 3. The van der Waals surface area contributed by atoms with Gasteiger partial charge in [0.25, 0.3) is 0 Å². The van der Waals surface area contributed by atoms with Crippen molar-refractivity contribution in [3.63, 3.8) is 0 Å². The molecule has 88 valence electrons. The minimum absolute atomic E-state index is 0.593. The van der Waals surface area contributed by atoms with Crippen LogP contribution in [0, 0.1) is 0 Å². The van der Waals surface area contributed by atoms with Crippen molar-refractivity contribution >= 4 is 50.8 Å². The molecule has 0 aliphatic heterocycles. The first-order valence-electron chi connectivity index (χ1n) is 4.92. The monoisotopic (exact) mass is 328 g/mol. The fraction of sp³-hybridized carbons (Fsp3) is 0.0833. The van der Waals surface area contributed by atoms with Gasteiger partial charge < -0.3 is 5.32 Å². The third kappa shape index (κ3) is 3.15. The van der Waals surface area contributed by atoms with E-state index in [1.54, 1.807) is 18.0 Å². The van der Waals surface area contributed by atoms with Crippen molar-refractivity contribution in [2.45, 2.75) is 4.90 Å². The number of halogens is 2. The quantitative estimate of drug-likeness (QED) is 0.805. The van der Waals surface area contributed by atoms with Crippen LogP contribution in [0.4, 0.5) is 11.5 Å². The van der Waals surface area contributed by atoms with Crippen LogP contribution in [0.2, 0.25) is 5.02 Å². The van der Waals surface area contributed by atoms with E-state index in [2.05, 4.69) is 32.3 Å². The van der Waals surface area contributed by atoms with Crippen LogP contribution in [0.25, 0.3) is 0 Å². The molecule has 0 radical (unpaired) electrons. The first-order valence-corrected chi connectivity index (χ1v) is 7.31. The van der Waals surface area contributed by atoms with Crippen molar-refractivity contribution in [2.24, 2.45) is 0 Å². The highest BCUT2D eigenvalue weighted by molar-refractivity contribution is 9.10. The van der Waals surface area contributed by atoms with Crippen LogP contribution < -0.4 is 5.32 Å². The summed E-state index contributed by atoms with van der Waals surface area (Å²) < 4.78 is 0.867. The van der Waals surface area contributed by atoms with Gasteiger partial charge in [-0.05, 0) is 40.4 Å². The van der Waals surface area contributed by atoms with Gasteiger partial charge in [-0.2, -0.15) is 0 Å². The van der Waals surface area contributed by atoms with Gasteiger partial charge in [-0.1, -0.05) is 23.7 Å². The zero-order valence-corrected chi connectivity index (χ0v) is 12.2. The molecule has 0 unspecified atom stereocenters. The molecule has 1 heterocycles. The Kier molecular flexibility index (Phi) is 4.31. The summed E-state index contributed by atoms with van der Waals surface area (Å²) in [5.74, 6) is 0.663. The van der Waals surface area contributed by atoms with Crippen LogP contribution >= 0.6 is 39.3 Å². The molecule has 0 spiro atoms. The van der Waals surface area contributed by atoms with Gasteiger partial charge in [0, 0.05) is 15.6 Å². The smallest absolute Gasteiger partial charge is 0.149 e. The molecule has 1 N–H and O–H groups in total. The molecular weight excluding hydrogens is 320 g/mol. The summed E-state index contributed by atoms with van der Waals surface area (Å²) in [6.45, 7) is 0. The van der Waals surface area contributed by atoms with Crippen LogP contribution in [0.1, 0.15) is 0 Å². The van der Waals surface area contributed by atoms with Crippen LogP contribution in [0.3, 0.4) is 0 Å². The van der Waals surface area contributed by atoms with Gasteiger partial charge in [-0.15, -0.1) is 11.8 Å². The van der Waals surface area contributed by atoms with Crippen molar-refractivity contribution in [1.82, 2.24) is 4.98 Å². The van der Waals surface area contributed by atoms with E-state index in [1.807, 2.05) is 30.5 Å². The van der Waals surface area contributed by atoms with E-state index in [1.165, 1.54) is 0 Å². The van der Waals surface area contributed by atoms with E-state index in [-0.39, 0.29) is 0 Å². The SMILES string of the molecule is CSc1ccccc1Nc1ncc(Br)cc1Cl. The first-order chi connectivity index (χ1) is 8.20. The van der Waals surface area contributed by atoms with Gasteiger partial charge in [0.2, 0.25) is 0 Å². The number of hydrogen-bond donors (Lipinski definition) is 1. The second kappa shape index (κ2) is 5.76. The Bertz CT molecular complexity index is 534. The molecule has 0 saturated carbocycles. The standard InChI is InChI=1S/C12H10BrClN2S/c1-17-11-5-3-2-4-10(11)16-12-9(14)6-8(13)7-15-12/h2-7H,1H3,(H,15,16). The maximum atomic E-state index is 6.11. The number of nitrogens with one attached hydrogen (secondary N) is 1. The number of nitrogens with zero attached hydrogens (tertiary/aromatic N) is 1. The molecule has 0 saturated heterocycles. The number of benzene rings is 1. The van der Waals surface area contributed by atoms with Crippen LogP contribution in [0.15, 0.2) is 45.9 Å². The van der Waals surface area contributed by atoms with Gasteiger partial charge in [0.1, 0.15) is 5.82 Å². The lowest BCUT2D eigenvalue weighted by Crippen LogP contribution is -1.95. The average Bonchev–Trinajstić information content (AvgIpc) is 2.33.